The molecule has 6 nitrogen and oxygen atoms in total. The van der Waals surface area contributed by atoms with Crippen LogP contribution in [-0.2, 0) is 19.1 Å². The molecule has 4 aliphatic rings. The summed E-state index contributed by atoms with van der Waals surface area (Å²) in [6.45, 7) is 10.2. The van der Waals surface area contributed by atoms with Crippen molar-refractivity contribution in [2.45, 2.75) is 77.8 Å². The van der Waals surface area contributed by atoms with Gasteiger partial charge in [-0.2, -0.15) is 0 Å². The largest absolute Gasteiger partial charge is 0.447 e. The van der Waals surface area contributed by atoms with E-state index < -0.39 is 40.5 Å². The second kappa shape index (κ2) is 8.24. The maximum Gasteiger partial charge on any atom is 0.331 e. The van der Waals surface area contributed by atoms with Crippen molar-refractivity contribution in [3.05, 3.63) is 42.0 Å². The molecule has 6 heteroatoms. The number of fused-ring (bicyclic) bond motifs is 4. The second-order valence-electron chi connectivity index (χ2n) is 12.8. The van der Waals surface area contributed by atoms with Crippen molar-refractivity contribution in [2.75, 3.05) is 7.11 Å². The Morgan fingerprint density at radius 2 is 1.75 bits per heavy atom. The fourth-order valence-corrected chi connectivity index (χ4v) is 8.88. The van der Waals surface area contributed by atoms with Crippen LogP contribution in [0.3, 0.4) is 0 Å². The van der Waals surface area contributed by atoms with E-state index in [9.17, 15) is 19.8 Å². The molecule has 10 atom stereocenters. The third kappa shape index (κ3) is 3.07. The molecule has 0 bridgehead atoms. The van der Waals surface area contributed by atoms with Crippen LogP contribution in [-0.4, -0.2) is 53.0 Å². The van der Waals surface area contributed by atoms with Gasteiger partial charge in [-0.15, -0.1) is 0 Å². The van der Waals surface area contributed by atoms with Crippen LogP contribution in [0.1, 0.15) is 59.4 Å². The first-order valence-corrected chi connectivity index (χ1v) is 13.3. The molecule has 0 heterocycles. The zero-order valence-electron chi connectivity index (χ0n) is 22.2. The van der Waals surface area contributed by atoms with Gasteiger partial charge in [0, 0.05) is 29.9 Å². The molecule has 36 heavy (non-hydrogen) atoms. The lowest BCUT2D eigenvalue weighted by molar-refractivity contribution is -0.299. The van der Waals surface area contributed by atoms with Crippen LogP contribution < -0.4 is 0 Å². The van der Waals surface area contributed by atoms with Gasteiger partial charge in [-0.25, -0.2) is 4.79 Å². The number of hydrogen-bond acceptors (Lipinski definition) is 6. The molecule has 4 fully saturated rings. The van der Waals surface area contributed by atoms with Gasteiger partial charge in [-0.1, -0.05) is 65.0 Å². The zero-order valence-corrected chi connectivity index (χ0v) is 22.2. The zero-order chi connectivity index (χ0) is 26.3. The Hall–Kier alpha value is -2.02. The third-order valence-electron chi connectivity index (χ3n) is 11.0. The lowest BCUT2D eigenvalue weighted by Gasteiger charge is -2.73. The maximum atomic E-state index is 14.8. The first-order valence-electron chi connectivity index (χ1n) is 13.3. The van der Waals surface area contributed by atoms with E-state index in [0.717, 1.165) is 12.0 Å². The number of ketones is 1. The first-order chi connectivity index (χ1) is 16.9. The van der Waals surface area contributed by atoms with Gasteiger partial charge in [0.25, 0.3) is 0 Å². The van der Waals surface area contributed by atoms with Crippen molar-refractivity contribution in [3.8, 4) is 0 Å². The Kier molecular flexibility index (Phi) is 5.86. The Labute approximate surface area is 214 Å². The lowest BCUT2D eigenvalue weighted by atomic mass is 9.32. The van der Waals surface area contributed by atoms with E-state index in [1.54, 1.807) is 13.2 Å². The minimum atomic E-state index is -1.58. The van der Waals surface area contributed by atoms with Crippen LogP contribution in [0, 0.1) is 39.9 Å². The van der Waals surface area contributed by atoms with E-state index in [0.29, 0.717) is 6.42 Å². The molecule has 2 N–H and O–H groups in total. The number of carbonyl (C=O) groups is 2. The van der Waals surface area contributed by atoms with Crippen LogP contribution >= 0.6 is 0 Å². The molecule has 5 rings (SSSR count). The van der Waals surface area contributed by atoms with E-state index in [1.807, 2.05) is 51.1 Å². The first kappa shape index (κ1) is 25.6. The molecule has 1 aromatic rings. The highest BCUT2D eigenvalue weighted by Crippen LogP contribution is 2.74. The quantitative estimate of drug-likeness (QED) is 0.483. The average Bonchev–Trinajstić information content (AvgIpc) is 3.09. The number of hydrogen-bond donors (Lipinski definition) is 2. The molecule has 196 valence electrons. The average molecular weight is 497 g/mol. The maximum absolute atomic E-state index is 14.8. The van der Waals surface area contributed by atoms with Crippen LogP contribution in [0.4, 0.5) is 0 Å². The fraction of sp³-hybridized carbons (Fsp3) is 0.667. The summed E-state index contributed by atoms with van der Waals surface area (Å²) in [5.74, 6) is -1.78. The van der Waals surface area contributed by atoms with E-state index in [1.165, 1.54) is 6.08 Å². The summed E-state index contributed by atoms with van der Waals surface area (Å²) >= 11 is 0. The molecule has 0 aliphatic heterocycles. The molecule has 0 unspecified atom stereocenters. The molecular formula is C30H40O6. The van der Waals surface area contributed by atoms with Gasteiger partial charge in [-0.3, -0.25) is 4.79 Å². The summed E-state index contributed by atoms with van der Waals surface area (Å²) in [4.78, 5) is 28.0. The van der Waals surface area contributed by atoms with Crippen molar-refractivity contribution in [3.63, 3.8) is 0 Å². The molecule has 0 saturated heterocycles. The molecule has 1 aromatic carbocycles. The number of Topliss-reactive ketones (excluding diaryl/α,β-unsaturated/α-hetero) is 1. The molecule has 4 saturated carbocycles. The summed E-state index contributed by atoms with van der Waals surface area (Å²) < 4.78 is 12.1. The fourth-order valence-electron chi connectivity index (χ4n) is 8.88. The van der Waals surface area contributed by atoms with Crippen molar-refractivity contribution < 1.29 is 29.3 Å². The van der Waals surface area contributed by atoms with Crippen LogP contribution in [0.2, 0.25) is 0 Å². The highest BCUT2D eigenvalue weighted by molar-refractivity contribution is 5.99. The summed E-state index contributed by atoms with van der Waals surface area (Å²) in [7, 11) is 1.69. The number of ether oxygens (including phenoxy) is 2. The molecular weight excluding hydrogens is 456 g/mol. The summed E-state index contributed by atoms with van der Waals surface area (Å²) in [6, 6.07) is 9.40. The van der Waals surface area contributed by atoms with Gasteiger partial charge in [-0.05, 0) is 48.2 Å². The number of rotatable bonds is 4. The summed E-state index contributed by atoms with van der Waals surface area (Å²) in [5, 5.41) is 23.2. The van der Waals surface area contributed by atoms with Gasteiger partial charge in [0.05, 0.1) is 24.2 Å². The number of methoxy groups -OCH3 is 1. The number of aliphatic hydroxyl groups is 2. The van der Waals surface area contributed by atoms with Gasteiger partial charge in [0.15, 0.2) is 11.4 Å². The highest BCUT2D eigenvalue weighted by atomic mass is 16.6. The number of carbonyl (C=O) groups excluding carboxylic acids is 2. The lowest BCUT2D eigenvalue weighted by Crippen LogP contribution is -2.79. The van der Waals surface area contributed by atoms with E-state index in [2.05, 4.69) is 13.8 Å². The minimum absolute atomic E-state index is 0.0867. The van der Waals surface area contributed by atoms with Crippen LogP contribution in [0.5, 0.6) is 0 Å². The molecule has 0 spiro atoms. The van der Waals surface area contributed by atoms with Gasteiger partial charge in [0.2, 0.25) is 0 Å². The van der Waals surface area contributed by atoms with Crippen LogP contribution in [0.25, 0.3) is 6.08 Å². The Bertz CT molecular complexity index is 1070. The number of esters is 1. The third-order valence-corrected chi connectivity index (χ3v) is 11.0. The Morgan fingerprint density at radius 1 is 1.08 bits per heavy atom. The van der Waals surface area contributed by atoms with E-state index in [4.69, 9.17) is 9.47 Å². The predicted octanol–water partition coefficient (Wildman–Crippen LogP) is 4.04. The monoisotopic (exact) mass is 496 g/mol. The SMILES string of the molecule is CO[C@@H]1[C@@H]2[C@H](CC[C@@]3(C)[C@H](O)[C@H]4[C@@H](O)[C@@H](C)C[C@]4(OC(=O)C=Cc4ccccc4)C(=O)[C@@]23C)C1(C)C. The van der Waals surface area contributed by atoms with Crippen molar-refractivity contribution in [2.24, 2.45) is 39.9 Å². The normalized spacial score (nSPS) is 47.0. The Morgan fingerprint density at radius 3 is 2.39 bits per heavy atom. The number of aliphatic hydroxyl groups excluding tert-OH is 2. The smallest absolute Gasteiger partial charge is 0.331 e. The molecule has 4 aliphatic carbocycles. The number of benzene rings is 1. The highest BCUT2D eigenvalue weighted by Gasteiger charge is 2.81. The standard InChI is InChI=1S/C30H40O6/c1-17-16-30(36-20(31)13-12-18-10-8-7-9-11-18)22(23(17)32)24(33)28(4)15-14-19-21(29(28,5)26(30)34)25(35-6)27(19,2)3/h7-13,17,19,21-25,32-33H,14-16H2,1-6H3/t17-,19-,21-,22+,23-,24+,25+,28-,29+,30+/m0/s1. The topological polar surface area (TPSA) is 93.1 Å². The van der Waals surface area contributed by atoms with Gasteiger partial charge in [0.1, 0.15) is 0 Å². The van der Waals surface area contributed by atoms with Crippen molar-refractivity contribution in [1.82, 2.24) is 0 Å². The predicted molar refractivity (Wildman–Crippen MR) is 136 cm³/mol. The molecule has 0 radical (unpaired) electrons. The van der Waals surface area contributed by atoms with Crippen molar-refractivity contribution in [1.29, 1.82) is 0 Å². The summed E-state index contributed by atoms with van der Waals surface area (Å²) in [6.07, 6.45) is 2.67. The summed E-state index contributed by atoms with van der Waals surface area (Å²) in [5.41, 5.74) is -2.55. The Balaban J connectivity index is 1.57. The van der Waals surface area contributed by atoms with E-state index in [-0.39, 0.29) is 41.5 Å². The molecule has 0 amide bonds. The molecule has 0 aromatic heterocycles. The minimum Gasteiger partial charge on any atom is -0.447 e. The van der Waals surface area contributed by atoms with Crippen molar-refractivity contribution >= 4 is 17.8 Å². The van der Waals surface area contributed by atoms with Gasteiger partial charge < -0.3 is 19.7 Å². The van der Waals surface area contributed by atoms with E-state index >= 15 is 0 Å². The second-order valence-corrected chi connectivity index (χ2v) is 12.8. The van der Waals surface area contributed by atoms with Gasteiger partial charge >= 0.3 is 5.97 Å². The van der Waals surface area contributed by atoms with Crippen LogP contribution in [0.15, 0.2) is 36.4 Å².